The minimum atomic E-state index is -4.45. The van der Waals surface area contributed by atoms with Gasteiger partial charge in [-0.3, -0.25) is 25.0 Å². The van der Waals surface area contributed by atoms with Crippen LogP contribution in [0, 0.1) is 16.0 Å². The number of carbonyl (C=O) groups excluding carboxylic acids is 2. The number of nitrogens with one attached hydrogen (secondary N) is 1. The first kappa shape index (κ1) is 25.9. The molecular formula is C24H24F3N5O5. The average molecular weight is 519 g/mol. The Balaban J connectivity index is 1.57. The van der Waals surface area contributed by atoms with E-state index in [2.05, 4.69) is 10.3 Å². The molecule has 2 aliphatic rings. The number of hydrogen-bond acceptors (Lipinski definition) is 8. The van der Waals surface area contributed by atoms with Crippen molar-refractivity contribution in [1.82, 2.24) is 10.2 Å². The molecule has 0 bridgehead atoms. The van der Waals surface area contributed by atoms with Gasteiger partial charge in [0.25, 0.3) is 5.69 Å². The number of benzene rings is 2. The van der Waals surface area contributed by atoms with E-state index in [0.29, 0.717) is 37.4 Å². The number of guanidine groups is 1. The molecule has 1 fully saturated rings. The molecule has 1 N–H and O–H groups in total. The van der Waals surface area contributed by atoms with E-state index in [0.717, 1.165) is 12.1 Å². The van der Waals surface area contributed by atoms with Gasteiger partial charge in [-0.25, -0.2) is 4.99 Å². The number of esters is 1. The maximum absolute atomic E-state index is 13.1. The van der Waals surface area contributed by atoms with Gasteiger partial charge in [0.15, 0.2) is 5.92 Å². The molecule has 0 aliphatic carbocycles. The maximum Gasteiger partial charge on any atom is 0.416 e. The van der Waals surface area contributed by atoms with Gasteiger partial charge >= 0.3 is 12.1 Å². The van der Waals surface area contributed by atoms with Crippen molar-refractivity contribution >= 4 is 29.2 Å². The summed E-state index contributed by atoms with van der Waals surface area (Å²) >= 11 is 0. The minimum absolute atomic E-state index is 0.0400. The number of carbonyl (C=O) groups is 2. The topological polar surface area (TPSA) is 117 Å². The first-order valence-electron chi connectivity index (χ1n) is 11.5. The van der Waals surface area contributed by atoms with Gasteiger partial charge < -0.3 is 14.5 Å². The lowest BCUT2D eigenvalue weighted by Crippen LogP contribution is -2.57. The molecule has 1 saturated heterocycles. The zero-order valence-corrected chi connectivity index (χ0v) is 19.8. The van der Waals surface area contributed by atoms with E-state index in [9.17, 15) is 32.9 Å². The highest BCUT2D eigenvalue weighted by molar-refractivity contribution is 6.08. The molecule has 0 unspecified atom stereocenters. The highest BCUT2D eigenvalue weighted by Crippen LogP contribution is 2.34. The summed E-state index contributed by atoms with van der Waals surface area (Å²) < 4.78 is 44.4. The quantitative estimate of drug-likeness (QED) is 0.279. The molecule has 2 aromatic rings. The summed E-state index contributed by atoms with van der Waals surface area (Å²) in [5, 5.41) is 13.9. The molecule has 2 aliphatic heterocycles. The van der Waals surface area contributed by atoms with E-state index in [1.54, 1.807) is 28.9 Å². The fourth-order valence-electron chi connectivity index (χ4n) is 4.34. The van der Waals surface area contributed by atoms with Crippen LogP contribution < -0.4 is 10.2 Å². The molecule has 196 valence electrons. The second-order valence-electron chi connectivity index (χ2n) is 8.49. The van der Waals surface area contributed by atoms with Crippen LogP contribution in [0.5, 0.6) is 0 Å². The van der Waals surface area contributed by atoms with Gasteiger partial charge in [-0.05, 0) is 30.7 Å². The van der Waals surface area contributed by atoms with Gasteiger partial charge in [-0.2, -0.15) is 13.2 Å². The Hall–Kier alpha value is -4.16. The molecule has 13 heteroatoms. The second-order valence-corrected chi connectivity index (χ2v) is 8.49. The Morgan fingerprint density at radius 1 is 1.14 bits per heavy atom. The number of rotatable bonds is 5. The predicted octanol–water partition coefficient (Wildman–Crippen LogP) is 3.14. The number of hydrogen-bond donors (Lipinski definition) is 1. The highest BCUT2D eigenvalue weighted by Gasteiger charge is 2.42. The van der Waals surface area contributed by atoms with Crippen molar-refractivity contribution in [2.75, 3.05) is 37.7 Å². The Kier molecular flexibility index (Phi) is 7.32. The smallest absolute Gasteiger partial charge is 0.416 e. The van der Waals surface area contributed by atoms with Crippen molar-refractivity contribution in [3.63, 3.8) is 0 Å². The van der Waals surface area contributed by atoms with Crippen LogP contribution in [0.2, 0.25) is 0 Å². The second kappa shape index (κ2) is 10.4. The summed E-state index contributed by atoms with van der Waals surface area (Å²) in [5.74, 6) is -2.60. The SMILES string of the molecule is CCOC(=O)[C@@H]1C(=O)NC(N2CCN(c3cccc(C(F)(F)F)c3)CC2)=N[C@@H]1c1cccc([N+](=O)[O-])c1. The van der Waals surface area contributed by atoms with E-state index in [1.807, 2.05) is 0 Å². The van der Waals surface area contributed by atoms with Crippen LogP contribution in [0.4, 0.5) is 24.5 Å². The molecule has 0 aromatic heterocycles. The fourth-order valence-corrected chi connectivity index (χ4v) is 4.34. The lowest BCUT2D eigenvalue weighted by atomic mass is 9.91. The van der Waals surface area contributed by atoms with E-state index >= 15 is 0 Å². The van der Waals surface area contributed by atoms with E-state index in [-0.39, 0.29) is 18.3 Å². The zero-order chi connectivity index (χ0) is 26.7. The number of aliphatic imine (C=N–C) groups is 1. The van der Waals surface area contributed by atoms with Crippen molar-refractivity contribution in [1.29, 1.82) is 0 Å². The number of alkyl halides is 3. The van der Waals surface area contributed by atoms with Crippen molar-refractivity contribution in [3.05, 3.63) is 69.8 Å². The third-order valence-electron chi connectivity index (χ3n) is 6.18. The number of halogens is 3. The van der Waals surface area contributed by atoms with Crippen LogP contribution in [0.15, 0.2) is 53.5 Å². The maximum atomic E-state index is 13.1. The molecule has 4 rings (SSSR count). The van der Waals surface area contributed by atoms with Crippen molar-refractivity contribution < 1.29 is 32.4 Å². The molecule has 37 heavy (non-hydrogen) atoms. The largest absolute Gasteiger partial charge is 0.465 e. The molecule has 2 heterocycles. The van der Waals surface area contributed by atoms with Crippen molar-refractivity contribution in [2.45, 2.75) is 19.1 Å². The lowest BCUT2D eigenvalue weighted by Gasteiger charge is -2.39. The molecule has 0 radical (unpaired) electrons. The third kappa shape index (κ3) is 5.65. The number of piperazine rings is 1. The van der Waals surface area contributed by atoms with Crippen LogP contribution in [0.3, 0.4) is 0 Å². The number of amides is 1. The zero-order valence-electron chi connectivity index (χ0n) is 19.8. The van der Waals surface area contributed by atoms with Crippen LogP contribution >= 0.6 is 0 Å². The normalized spacial score (nSPS) is 20.2. The Morgan fingerprint density at radius 2 is 1.81 bits per heavy atom. The summed E-state index contributed by atoms with van der Waals surface area (Å²) in [6, 6.07) is 9.58. The molecule has 1 amide bonds. The van der Waals surface area contributed by atoms with E-state index < -0.39 is 40.5 Å². The Bertz CT molecular complexity index is 1230. The monoisotopic (exact) mass is 519 g/mol. The molecular weight excluding hydrogens is 495 g/mol. The Morgan fingerprint density at radius 3 is 2.46 bits per heavy atom. The number of anilines is 1. The number of nitro groups is 1. The number of ether oxygens (including phenoxy) is 1. The fraction of sp³-hybridized carbons (Fsp3) is 0.375. The van der Waals surface area contributed by atoms with Crippen LogP contribution in [0.1, 0.15) is 24.1 Å². The van der Waals surface area contributed by atoms with Gasteiger partial charge in [-0.1, -0.05) is 18.2 Å². The average Bonchev–Trinajstić information content (AvgIpc) is 2.88. The van der Waals surface area contributed by atoms with Gasteiger partial charge in [0.2, 0.25) is 11.9 Å². The molecule has 0 spiro atoms. The molecule has 2 atom stereocenters. The predicted molar refractivity (Wildman–Crippen MR) is 127 cm³/mol. The van der Waals surface area contributed by atoms with Crippen LogP contribution in [0.25, 0.3) is 0 Å². The Labute approximate surface area is 209 Å². The van der Waals surface area contributed by atoms with E-state index in [4.69, 9.17) is 4.74 Å². The highest BCUT2D eigenvalue weighted by atomic mass is 19.4. The molecule has 0 saturated carbocycles. The minimum Gasteiger partial charge on any atom is -0.465 e. The van der Waals surface area contributed by atoms with E-state index in [1.165, 1.54) is 24.3 Å². The summed E-state index contributed by atoms with van der Waals surface area (Å²) in [7, 11) is 0. The molecule has 10 nitrogen and oxygen atoms in total. The van der Waals surface area contributed by atoms with Gasteiger partial charge in [0.05, 0.1) is 17.1 Å². The van der Waals surface area contributed by atoms with Crippen LogP contribution in [-0.4, -0.2) is 60.4 Å². The number of nitrogens with zero attached hydrogens (tertiary/aromatic N) is 4. The van der Waals surface area contributed by atoms with Gasteiger partial charge in [0, 0.05) is 44.0 Å². The van der Waals surface area contributed by atoms with Gasteiger partial charge in [0.1, 0.15) is 6.04 Å². The molecule has 2 aromatic carbocycles. The first-order chi connectivity index (χ1) is 17.6. The summed E-state index contributed by atoms with van der Waals surface area (Å²) in [6.45, 7) is 3.03. The summed E-state index contributed by atoms with van der Waals surface area (Å²) in [5.41, 5.74) is -0.207. The summed E-state index contributed by atoms with van der Waals surface area (Å²) in [4.78, 5) is 44.5. The lowest BCUT2D eigenvalue weighted by molar-refractivity contribution is -0.384. The number of non-ortho nitro benzene ring substituents is 1. The first-order valence-corrected chi connectivity index (χ1v) is 11.5. The van der Waals surface area contributed by atoms with Crippen molar-refractivity contribution in [2.24, 2.45) is 10.9 Å². The standard InChI is InChI=1S/C24H24F3N5O5/c1-2-37-22(34)19-20(15-5-3-8-18(13-15)32(35)36)28-23(29-21(19)33)31-11-9-30(10-12-31)17-7-4-6-16(14-17)24(25,26)27/h3-8,13-14,19-20H,2,9-12H2,1H3,(H,28,29,33)/t19-,20+/m0/s1. The van der Waals surface area contributed by atoms with Crippen molar-refractivity contribution in [3.8, 4) is 0 Å². The third-order valence-corrected chi connectivity index (χ3v) is 6.18. The van der Waals surface area contributed by atoms with Crippen LogP contribution in [-0.2, 0) is 20.5 Å². The number of nitro benzene ring substituents is 1. The summed E-state index contributed by atoms with van der Waals surface area (Å²) in [6.07, 6.45) is -4.45. The van der Waals surface area contributed by atoms with Gasteiger partial charge in [-0.15, -0.1) is 0 Å².